The molecule has 1 rings (SSSR count). The molecule has 0 fully saturated rings. The largest absolute Gasteiger partial charge is 0.496 e. The van der Waals surface area contributed by atoms with E-state index in [2.05, 4.69) is 0 Å². The van der Waals surface area contributed by atoms with Crippen LogP contribution in [-0.2, 0) is 0 Å². The fourth-order valence-corrected chi connectivity index (χ4v) is 1.36. The smallest absolute Gasteiger partial charge is 0.203 e. The van der Waals surface area contributed by atoms with Gasteiger partial charge in [-0.05, 0) is 13.8 Å². The van der Waals surface area contributed by atoms with Crippen LogP contribution in [0, 0.1) is 0 Å². The third-order valence-corrected chi connectivity index (χ3v) is 2.02. The minimum atomic E-state index is 0.0608. The average Bonchev–Trinajstić information content (AvgIpc) is 2.27. The Morgan fingerprint density at radius 1 is 0.875 bits per heavy atom. The lowest BCUT2D eigenvalue weighted by atomic mass is 10.2. The number of hydrogen-bond acceptors (Lipinski definition) is 4. The first kappa shape index (κ1) is 12.5. The average molecular weight is 226 g/mol. The maximum Gasteiger partial charge on any atom is 0.203 e. The topological polar surface area (TPSA) is 36.9 Å². The van der Waals surface area contributed by atoms with E-state index in [4.69, 9.17) is 18.9 Å². The van der Waals surface area contributed by atoms with Crippen molar-refractivity contribution in [2.75, 3.05) is 21.3 Å². The summed E-state index contributed by atoms with van der Waals surface area (Å²) in [4.78, 5) is 0. The van der Waals surface area contributed by atoms with E-state index in [1.54, 1.807) is 33.5 Å². The van der Waals surface area contributed by atoms with Crippen LogP contribution in [0.1, 0.15) is 13.8 Å². The van der Waals surface area contributed by atoms with Crippen LogP contribution in [0.5, 0.6) is 23.0 Å². The molecule has 0 N–H and O–H groups in total. The number of methoxy groups -OCH3 is 3. The predicted molar refractivity (Wildman–Crippen MR) is 61.9 cm³/mol. The summed E-state index contributed by atoms with van der Waals surface area (Å²) >= 11 is 0. The van der Waals surface area contributed by atoms with Gasteiger partial charge < -0.3 is 18.9 Å². The quantitative estimate of drug-likeness (QED) is 0.773. The highest BCUT2D eigenvalue weighted by atomic mass is 16.5. The van der Waals surface area contributed by atoms with Gasteiger partial charge in [0, 0.05) is 12.1 Å². The Bertz CT molecular complexity index is 347. The molecular weight excluding hydrogens is 208 g/mol. The first-order valence-electron chi connectivity index (χ1n) is 5.09. The Morgan fingerprint density at radius 3 is 1.94 bits per heavy atom. The van der Waals surface area contributed by atoms with Crippen molar-refractivity contribution in [2.45, 2.75) is 20.0 Å². The third-order valence-electron chi connectivity index (χ3n) is 2.02. The molecule has 0 heterocycles. The molecule has 0 aromatic heterocycles. The third kappa shape index (κ3) is 2.72. The van der Waals surface area contributed by atoms with E-state index in [1.807, 2.05) is 13.8 Å². The lowest BCUT2D eigenvalue weighted by Crippen LogP contribution is -2.07. The molecule has 4 heteroatoms. The minimum Gasteiger partial charge on any atom is -0.496 e. The molecule has 16 heavy (non-hydrogen) atoms. The highest BCUT2D eigenvalue weighted by Gasteiger charge is 2.15. The molecule has 0 saturated heterocycles. The molecule has 90 valence electrons. The molecule has 4 nitrogen and oxygen atoms in total. The molecule has 0 spiro atoms. The first-order chi connectivity index (χ1) is 7.62. The molecule has 0 unspecified atom stereocenters. The van der Waals surface area contributed by atoms with Crippen LogP contribution in [0.25, 0.3) is 0 Å². The monoisotopic (exact) mass is 226 g/mol. The summed E-state index contributed by atoms with van der Waals surface area (Å²) in [5.74, 6) is 2.47. The second kappa shape index (κ2) is 5.49. The van der Waals surface area contributed by atoms with Crippen molar-refractivity contribution in [2.24, 2.45) is 0 Å². The SMILES string of the molecule is COc1cc(OC)c(OC)c(OC(C)C)c1. The van der Waals surface area contributed by atoms with Gasteiger partial charge in [0.05, 0.1) is 27.4 Å². The minimum absolute atomic E-state index is 0.0608. The summed E-state index contributed by atoms with van der Waals surface area (Å²) < 4.78 is 21.3. The standard InChI is InChI=1S/C12H18O4/c1-8(2)16-11-7-9(13-3)6-10(14-4)12(11)15-5/h6-8H,1-5H3. The highest BCUT2D eigenvalue weighted by Crippen LogP contribution is 2.41. The van der Waals surface area contributed by atoms with Crippen molar-refractivity contribution in [3.8, 4) is 23.0 Å². The van der Waals surface area contributed by atoms with Gasteiger partial charge in [0.1, 0.15) is 5.75 Å². The van der Waals surface area contributed by atoms with Crippen molar-refractivity contribution < 1.29 is 18.9 Å². The summed E-state index contributed by atoms with van der Waals surface area (Å²) in [6.45, 7) is 3.90. The molecule has 0 aliphatic heterocycles. The summed E-state index contributed by atoms with van der Waals surface area (Å²) in [5, 5.41) is 0. The highest BCUT2D eigenvalue weighted by molar-refractivity contribution is 5.55. The normalized spacial score (nSPS) is 10.1. The summed E-state index contributed by atoms with van der Waals surface area (Å²) in [5.41, 5.74) is 0. The van der Waals surface area contributed by atoms with Crippen molar-refractivity contribution in [3.63, 3.8) is 0 Å². The number of ether oxygens (including phenoxy) is 4. The van der Waals surface area contributed by atoms with Crippen molar-refractivity contribution >= 4 is 0 Å². The summed E-state index contributed by atoms with van der Waals surface area (Å²) in [7, 11) is 4.76. The van der Waals surface area contributed by atoms with E-state index in [-0.39, 0.29) is 6.10 Å². The molecule has 0 amide bonds. The number of benzene rings is 1. The van der Waals surface area contributed by atoms with Crippen LogP contribution in [0.4, 0.5) is 0 Å². The Labute approximate surface area is 96.1 Å². The maximum absolute atomic E-state index is 5.64. The summed E-state index contributed by atoms with van der Waals surface area (Å²) in [6, 6.07) is 3.54. The van der Waals surface area contributed by atoms with Crippen molar-refractivity contribution in [1.29, 1.82) is 0 Å². The van der Waals surface area contributed by atoms with Gasteiger partial charge in [-0.3, -0.25) is 0 Å². The Balaban J connectivity index is 3.19. The second-order valence-corrected chi connectivity index (χ2v) is 3.53. The molecule has 0 bridgehead atoms. The maximum atomic E-state index is 5.64. The van der Waals surface area contributed by atoms with Gasteiger partial charge in [-0.1, -0.05) is 0 Å². The lowest BCUT2D eigenvalue weighted by Gasteiger charge is -2.17. The zero-order valence-corrected chi connectivity index (χ0v) is 10.4. The fourth-order valence-electron chi connectivity index (χ4n) is 1.36. The van der Waals surface area contributed by atoms with E-state index in [0.29, 0.717) is 23.0 Å². The molecular formula is C12H18O4. The van der Waals surface area contributed by atoms with Gasteiger partial charge in [0.25, 0.3) is 0 Å². The predicted octanol–water partition coefficient (Wildman–Crippen LogP) is 2.50. The lowest BCUT2D eigenvalue weighted by molar-refractivity contribution is 0.225. The van der Waals surface area contributed by atoms with E-state index < -0.39 is 0 Å². The molecule has 1 aromatic carbocycles. The van der Waals surface area contributed by atoms with Gasteiger partial charge in [-0.25, -0.2) is 0 Å². The Kier molecular flexibility index (Phi) is 4.28. The van der Waals surface area contributed by atoms with Crippen molar-refractivity contribution in [1.82, 2.24) is 0 Å². The van der Waals surface area contributed by atoms with Gasteiger partial charge in [0.2, 0.25) is 5.75 Å². The molecule has 0 radical (unpaired) electrons. The van der Waals surface area contributed by atoms with Gasteiger partial charge in [-0.2, -0.15) is 0 Å². The van der Waals surface area contributed by atoms with E-state index in [1.165, 1.54) is 0 Å². The zero-order valence-electron chi connectivity index (χ0n) is 10.4. The molecule has 0 aliphatic carbocycles. The van der Waals surface area contributed by atoms with Crippen LogP contribution in [0.2, 0.25) is 0 Å². The zero-order chi connectivity index (χ0) is 12.1. The molecule has 1 aromatic rings. The van der Waals surface area contributed by atoms with Crippen LogP contribution in [0.3, 0.4) is 0 Å². The molecule has 0 aliphatic rings. The van der Waals surface area contributed by atoms with E-state index in [9.17, 15) is 0 Å². The molecule has 0 atom stereocenters. The van der Waals surface area contributed by atoms with Crippen molar-refractivity contribution in [3.05, 3.63) is 12.1 Å². The van der Waals surface area contributed by atoms with Gasteiger partial charge >= 0.3 is 0 Å². The van der Waals surface area contributed by atoms with Crippen LogP contribution >= 0.6 is 0 Å². The Morgan fingerprint density at radius 2 is 1.50 bits per heavy atom. The van der Waals surface area contributed by atoms with Gasteiger partial charge in [-0.15, -0.1) is 0 Å². The number of hydrogen-bond donors (Lipinski definition) is 0. The first-order valence-corrected chi connectivity index (χ1v) is 5.09. The van der Waals surface area contributed by atoms with E-state index in [0.717, 1.165) is 0 Å². The van der Waals surface area contributed by atoms with Crippen LogP contribution in [-0.4, -0.2) is 27.4 Å². The summed E-state index contributed by atoms with van der Waals surface area (Å²) in [6.07, 6.45) is 0.0608. The van der Waals surface area contributed by atoms with Gasteiger partial charge in [0.15, 0.2) is 11.5 Å². The van der Waals surface area contributed by atoms with Crippen LogP contribution < -0.4 is 18.9 Å². The fraction of sp³-hybridized carbons (Fsp3) is 0.500. The second-order valence-electron chi connectivity index (χ2n) is 3.53. The Hall–Kier alpha value is -1.58. The van der Waals surface area contributed by atoms with E-state index >= 15 is 0 Å². The van der Waals surface area contributed by atoms with Crippen LogP contribution in [0.15, 0.2) is 12.1 Å². The number of rotatable bonds is 5. The molecule has 0 saturated carbocycles.